The van der Waals surface area contributed by atoms with Crippen molar-refractivity contribution < 1.29 is 0 Å². The minimum Gasteiger partial charge on any atom is -0.376 e. The van der Waals surface area contributed by atoms with Gasteiger partial charge in [-0.1, -0.05) is 29.8 Å². The summed E-state index contributed by atoms with van der Waals surface area (Å²) in [7, 11) is 0. The van der Waals surface area contributed by atoms with Gasteiger partial charge < -0.3 is 5.32 Å². The fourth-order valence-corrected chi connectivity index (χ4v) is 1.75. The number of nitrogens with one attached hydrogen (secondary N) is 1. The molecule has 1 N–H and O–H groups in total. The topological polar surface area (TPSA) is 12.0 Å². The van der Waals surface area contributed by atoms with Gasteiger partial charge in [-0.2, -0.15) is 12.6 Å². The lowest BCUT2D eigenvalue weighted by Crippen LogP contribution is -1.93. The van der Waals surface area contributed by atoms with Crippen LogP contribution in [0.5, 0.6) is 0 Å². The van der Waals surface area contributed by atoms with E-state index in [1.165, 1.54) is 16.3 Å². The van der Waals surface area contributed by atoms with Gasteiger partial charge in [0.15, 0.2) is 0 Å². The normalized spacial score (nSPS) is 10.4. The lowest BCUT2D eigenvalue weighted by molar-refractivity contribution is 1.47. The van der Waals surface area contributed by atoms with Crippen LogP contribution in [0.2, 0.25) is 0 Å². The largest absolute Gasteiger partial charge is 0.376 e. The summed E-state index contributed by atoms with van der Waals surface area (Å²) in [4.78, 5) is 0. The molecule has 0 aromatic heterocycles. The van der Waals surface area contributed by atoms with Crippen LogP contribution in [0.25, 0.3) is 10.8 Å². The second-order valence-electron chi connectivity index (χ2n) is 3.40. The molecule has 0 bridgehead atoms. The van der Waals surface area contributed by atoms with E-state index in [2.05, 4.69) is 61.3 Å². The van der Waals surface area contributed by atoms with Crippen LogP contribution in [0.3, 0.4) is 0 Å². The Morgan fingerprint density at radius 3 is 2.57 bits per heavy atom. The maximum atomic E-state index is 4.13. The van der Waals surface area contributed by atoms with E-state index in [0.717, 1.165) is 5.69 Å². The number of rotatable bonds is 2. The molecular weight excluding hydrogens is 190 g/mol. The lowest BCUT2D eigenvalue weighted by Gasteiger charge is -2.05. The van der Waals surface area contributed by atoms with Crippen LogP contribution in [0.1, 0.15) is 5.56 Å². The van der Waals surface area contributed by atoms with E-state index in [0.29, 0.717) is 5.88 Å². The number of benzene rings is 2. The van der Waals surface area contributed by atoms with Gasteiger partial charge in [0, 0.05) is 5.69 Å². The molecule has 0 fully saturated rings. The van der Waals surface area contributed by atoms with Gasteiger partial charge in [-0.25, -0.2) is 0 Å². The summed E-state index contributed by atoms with van der Waals surface area (Å²) >= 11 is 4.13. The molecule has 0 atom stereocenters. The van der Waals surface area contributed by atoms with Gasteiger partial charge in [-0.15, -0.1) is 0 Å². The van der Waals surface area contributed by atoms with Crippen molar-refractivity contribution in [1.82, 2.24) is 0 Å². The molecule has 1 nitrogen and oxygen atoms in total. The summed E-state index contributed by atoms with van der Waals surface area (Å²) in [5.74, 6) is 0.664. The first-order valence-corrected chi connectivity index (χ1v) is 5.28. The Balaban J connectivity index is 2.50. The van der Waals surface area contributed by atoms with Crippen LogP contribution in [-0.4, -0.2) is 5.88 Å². The fraction of sp³-hybridized carbons (Fsp3) is 0.167. The van der Waals surface area contributed by atoms with E-state index in [4.69, 9.17) is 0 Å². The fourth-order valence-electron chi connectivity index (χ4n) is 1.57. The predicted octanol–water partition coefficient (Wildman–Crippen LogP) is 3.45. The Labute approximate surface area is 89.5 Å². The van der Waals surface area contributed by atoms with Crippen molar-refractivity contribution in [3.05, 3.63) is 42.0 Å². The van der Waals surface area contributed by atoms with Crippen LogP contribution in [0.15, 0.2) is 36.4 Å². The molecule has 2 aromatic rings. The SMILES string of the molecule is Cc1ccc2cc(NCS)ccc2c1. The van der Waals surface area contributed by atoms with Crippen LogP contribution in [0.4, 0.5) is 5.69 Å². The third-order valence-electron chi connectivity index (χ3n) is 2.28. The molecule has 2 aromatic carbocycles. The molecule has 0 heterocycles. The van der Waals surface area contributed by atoms with E-state index >= 15 is 0 Å². The van der Waals surface area contributed by atoms with Crippen molar-refractivity contribution in [3.8, 4) is 0 Å². The van der Waals surface area contributed by atoms with Gasteiger partial charge in [0.1, 0.15) is 0 Å². The summed E-state index contributed by atoms with van der Waals surface area (Å²) in [5, 5.41) is 5.73. The molecule has 0 aliphatic heterocycles. The van der Waals surface area contributed by atoms with Crippen molar-refractivity contribution in [3.63, 3.8) is 0 Å². The smallest absolute Gasteiger partial charge is 0.0581 e. The molecule has 0 saturated heterocycles. The molecule has 0 unspecified atom stereocenters. The van der Waals surface area contributed by atoms with E-state index in [1.807, 2.05) is 0 Å². The molecule has 72 valence electrons. The van der Waals surface area contributed by atoms with E-state index in [1.54, 1.807) is 0 Å². The van der Waals surface area contributed by atoms with Gasteiger partial charge in [0.2, 0.25) is 0 Å². The molecule has 0 saturated carbocycles. The van der Waals surface area contributed by atoms with E-state index in [9.17, 15) is 0 Å². The Morgan fingerprint density at radius 2 is 1.79 bits per heavy atom. The lowest BCUT2D eigenvalue weighted by atomic mass is 10.1. The summed E-state index contributed by atoms with van der Waals surface area (Å²) < 4.78 is 0. The number of hydrogen-bond acceptors (Lipinski definition) is 2. The second kappa shape index (κ2) is 3.93. The molecule has 0 amide bonds. The van der Waals surface area contributed by atoms with Crippen molar-refractivity contribution in [2.45, 2.75) is 6.92 Å². The Morgan fingerprint density at radius 1 is 1.07 bits per heavy atom. The van der Waals surface area contributed by atoms with Gasteiger partial charge >= 0.3 is 0 Å². The van der Waals surface area contributed by atoms with Gasteiger partial charge in [0.25, 0.3) is 0 Å². The molecule has 14 heavy (non-hydrogen) atoms. The summed E-state index contributed by atoms with van der Waals surface area (Å²) in [6.45, 7) is 2.11. The Kier molecular flexibility index (Phi) is 2.64. The first-order valence-electron chi connectivity index (χ1n) is 4.65. The number of thiol groups is 1. The molecule has 0 radical (unpaired) electrons. The van der Waals surface area contributed by atoms with Crippen LogP contribution < -0.4 is 5.32 Å². The number of hydrogen-bond donors (Lipinski definition) is 2. The summed E-state index contributed by atoms with van der Waals surface area (Å²) in [6.07, 6.45) is 0. The second-order valence-corrected chi connectivity index (χ2v) is 3.72. The highest BCUT2D eigenvalue weighted by atomic mass is 32.1. The first-order chi connectivity index (χ1) is 6.79. The van der Waals surface area contributed by atoms with E-state index < -0.39 is 0 Å². The number of anilines is 1. The maximum absolute atomic E-state index is 4.13. The number of aryl methyl sites for hydroxylation is 1. The zero-order chi connectivity index (χ0) is 9.97. The monoisotopic (exact) mass is 203 g/mol. The summed E-state index contributed by atoms with van der Waals surface area (Å²) in [5.41, 5.74) is 2.42. The molecule has 0 spiro atoms. The minimum absolute atomic E-state index is 0.664. The van der Waals surface area contributed by atoms with Crippen molar-refractivity contribution in [2.75, 3.05) is 11.2 Å². The number of fused-ring (bicyclic) bond motifs is 1. The van der Waals surface area contributed by atoms with E-state index in [-0.39, 0.29) is 0 Å². The van der Waals surface area contributed by atoms with Crippen molar-refractivity contribution in [1.29, 1.82) is 0 Å². The third-order valence-corrected chi connectivity index (χ3v) is 2.44. The molecule has 2 heteroatoms. The quantitative estimate of drug-likeness (QED) is 0.563. The van der Waals surface area contributed by atoms with Gasteiger partial charge in [-0.3, -0.25) is 0 Å². The average molecular weight is 203 g/mol. The first kappa shape index (κ1) is 9.41. The molecular formula is C12H13NS. The van der Waals surface area contributed by atoms with Gasteiger partial charge in [0.05, 0.1) is 5.88 Å². The predicted molar refractivity (Wildman–Crippen MR) is 66.2 cm³/mol. The van der Waals surface area contributed by atoms with Crippen LogP contribution >= 0.6 is 12.6 Å². The Hall–Kier alpha value is -1.15. The zero-order valence-corrected chi connectivity index (χ0v) is 9.01. The zero-order valence-electron chi connectivity index (χ0n) is 8.12. The van der Waals surface area contributed by atoms with Crippen molar-refractivity contribution in [2.24, 2.45) is 0 Å². The third kappa shape index (κ3) is 1.85. The molecule has 2 rings (SSSR count). The maximum Gasteiger partial charge on any atom is 0.0581 e. The highest BCUT2D eigenvalue weighted by Gasteiger charge is 1.95. The van der Waals surface area contributed by atoms with Crippen molar-refractivity contribution >= 4 is 29.1 Å². The molecule has 0 aliphatic carbocycles. The highest BCUT2D eigenvalue weighted by Crippen LogP contribution is 2.20. The summed E-state index contributed by atoms with van der Waals surface area (Å²) in [6, 6.07) is 12.8. The Bertz CT molecular complexity index is 451. The van der Waals surface area contributed by atoms with Crippen LogP contribution in [-0.2, 0) is 0 Å². The molecule has 0 aliphatic rings. The highest BCUT2D eigenvalue weighted by molar-refractivity contribution is 7.80. The minimum atomic E-state index is 0.664. The standard InChI is InChI=1S/C12H13NS/c1-9-2-3-11-7-12(13-8-14)5-4-10(11)6-9/h2-7,13-14H,8H2,1H3. The average Bonchev–Trinajstić information content (AvgIpc) is 2.19. The van der Waals surface area contributed by atoms with Crippen LogP contribution in [0, 0.1) is 6.92 Å². The van der Waals surface area contributed by atoms with Gasteiger partial charge in [-0.05, 0) is 29.8 Å².